The summed E-state index contributed by atoms with van der Waals surface area (Å²) in [6.45, 7) is 8.07. The molecular weight excluding hydrogens is 470 g/mol. The van der Waals surface area contributed by atoms with Crippen molar-refractivity contribution >= 4 is 29.9 Å². The van der Waals surface area contributed by atoms with Crippen LogP contribution in [-0.4, -0.2) is 30.8 Å². The summed E-state index contributed by atoms with van der Waals surface area (Å²) in [5.41, 5.74) is 0.0556. The zero-order valence-corrected chi connectivity index (χ0v) is 18.5. The summed E-state index contributed by atoms with van der Waals surface area (Å²) in [6, 6.07) is 5.04. The van der Waals surface area contributed by atoms with Crippen molar-refractivity contribution in [2.75, 3.05) is 19.7 Å². The highest BCUT2D eigenvalue weighted by Crippen LogP contribution is 2.29. The quantitative estimate of drug-likeness (QED) is 0.267. The van der Waals surface area contributed by atoms with Gasteiger partial charge in [0.15, 0.2) is 5.96 Å². The van der Waals surface area contributed by atoms with Gasteiger partial charge in [-0.2, -0.15) is 13.2 Å². The lowest BCUT2D eigenvalue weighted by Crippen LogP contribution is -2.40. The summed E-state index contributed by atoms with van der Waals surface area (Å²) >= 11 is 0. The van der Waals surface area contributed by atoms with E-state index in [2.05, 4.69) is 29.5 Å². The molecule has 0 aromatic heterocycles. The number of nitrogens with one attached hydrogen (secondary N) is 2. The Morgan fingerprint density at radius 3 is 2.26 bits per heavy atom. The van der Waals surface area contributed by atoms with Gasteiger partial charge in [-0.05, 0) is 49.3 Å². The average Bonchev–Trinajstić information content (AvgIpc) is 2.56. The second kappa shape index (κ2) is 13.2. The number of hydrogen-bond acceptors (Lipinski definition) is 2. The summed E-state index contributed by atoms with van der Waals surface area (Å²) in [7, 11) is 0. The van der Waals surface area contributed by atoms with Crippen LogP contribution in [0, 0.1) is 11.8 Å². The SMILES string of the molecule is CCNC(=NCc1ccc(C(F)(F)F)cc1)NCC(CCO)CC(C)C.I. The van der Waals surface area contributed by atoms with Crippen molar-refractivity contribution in [1.29, 1.82) is 0 Å². The molecule has 1 aromatic carbocycles. The van der Waals surface area contributed by atoms with E-state index in [4.69, 9.17) is 0 Å². The van der Waals surface area contributed by atoms with Crippen LogP contribution in [0.1, 0.15) is 44.7 Å². The van der Waals surface area contributed by atoms with E-state index >= 15 is 0 Å². The minimum absolute atomic E-state index is 0. The Balaban J connectivity index is 0.00000676. The molecule has 8 heteroatoms. The topological polar surface area (TPSA) is 56.7 Å². The van der Waals surface area contributed by atoms with Crippen LogP contribution in [0.25, 0.3) is 0 Å². The van der Waals surface area contributed by atoms with Crippen LogP contribution in [0.15, 0.2) is 29.3 Å². The van der Waals surface area contributed by atoms with Crippen LogP contribution in [0.3, 0.4) is 0 Å². The number of aliphatic imine (C=N–C) groups is 1. The van der Waals surface area contributed by atoms with E-state index in [1.54, 1.807) is 0 Å². The van der Waals surface area contributed by atoms with Gasteiger partial charge in [0, 0.05) is 19.7 Å². The van der Waals surface area contributed by atoms with E-state index in [-0.39, 0.29) is 30.6 Å². The fourth-order valence-corrected chi connectivity index (χ4v) is 2.70. The minimum Gasteiger partial charge on any atom is -0.396 e. The molecule has 1 aromatic rings. The van der Waals surface area contributed by atoms with E-state index in [0.29, 0.717) is 43.0 Å². The largest absolute Gasteiger partial charge is 0.416 e. The van der Waals surface area contributed by atoms with Crippen molar-refractivity contribution in [2.24, 2.45) is 16.8 Å². The van der Waals surface area contributed by atoms with Gasteiger partial charge in [0.1, 0.15) is 0 Å². The molecule has 0 radical (unpaired) electrons. The van der Waals surface area contributed by atoms with E-state index in [0.717, 1.165) is 25.0 Å². The monoisotopic (exact) mass is 501 g/mol. The van der Waals surface area contributed by atoms with E-state index in [1.165, 1.54) is 12.1 Å². The zero-order chi connectivity index (χ0) is 19.6. The van der Waals surface area contributed by atoms with Crippen molar-refractivity contribution in [2.45, 2.75) is 46.3 Å². The first kappa shape index (κ1) is 26.0. The van der Waals surface area contributed by atoms with Gasteiger partial charge in [0.2, 0.25) is 0 Å². The molecular formula is C19H31F3IN3O. The Morgan fingerprint density at radius 2 is 1.78 bits per heavy atom. The van der Waals surface area contributed by atoms with Gasteiger partial charge in [-0.3, -0.25) is 0 Å². The Bertz CT molecular complexity index is 548. The van der Waals surface area contributed by atoms with Crippen molar-refractivity contribution in [3.05, 3.63) is 35.4 Å². The number of alkyl halides is 3. The Morgan fingerprint density at radius 1 is 1.15 bits per heavy atom. The molecule has 0 bridgehead atoms. The fraction of sp³-hybridized carbons (Fsp3) is 0.632. The molecule has 3 N–H and O–H groups in total. The van der Waals surface area contributed by atoms with Crippen molar-refractivity contribution in [3.8, 4) is 0 Å². The van der Waals surface area contributed by atoms with Crippen LogP contribution in [0.4, 0.5) is 13.2 Å². The molecule has 0 aliphatic rings. The van der Waals surface area contributed by atoms with Gasteiger partial charge in [0.05, 0.1) is 12.1 Å². The maximum absolute atomic E-state index is 12.6. The van der Waals surface area contributed by atoms with Gasteiger partial charge in [0.25, 0.3) is 0 Å². The number of aliphatic hydroxyl groups excluding tert-OH is 1. The van der Waals surface area contributed by atoms with Gasteiger partial charge in [-0.1, -0.05) is 26.0 Å². The van der Waals surface area contributed by atoms with Crippen molar-refractivity contribution < 1.29 is 18.3 Å². The highest BCUT2D eigenvalue weighted by molar-refractivity contribution is 14.0. The number of halogens is 4. The molecule has 0 aliphatic carbocycles. The molecule has 4 nitrogen and oxygen atoms in total. The Kier molecular flexibility index (Phi) is 12.7. The summed E-state index contributed by atoms with van der Waals surface area (Å²) < 4.78 is 37.8. The third-order valence-corrected chi connectivity index (χ3v) is 3.95. The fourth-order valence-electron chi connectivity index (χ4n) is 2.70. The number of hydrogen-bond donors (Lipinski definition) is 3. The van der Waals surface area contributed by atoms with Crippen molar-refractivity contribution in [3.63, 3.8) is 0 Å². The molecule has 0 spiro atoms. The minimum atomic E-state index is -4.32. The molecule has 0 saturated heterocycles. The first-order valence-corrected chi connectivity index (χ1v) is 9.05. The normalized spacial score (nSPS) is 13.3. The number of rotatable bonds is 9. The molecule has 156 valence electrons. The molecule has 1 rings (SSSR count). The van der Waals surface area contributed by atoms with E-state index in [9.17, 15) is 18.3 Å². The maximum atomic E-state index is 12.6. The Hall–Kier alpha value is -1.03. The average molecular weight is 501 g/mol. The highest BCUT2D eigenvalue weighted by Gasteiger charge is 2.29. The van der Waals surface area contributed by atoms with Crippen LogP contribution < -0.4 is 10.6 Å². The molecule has 0 heterocycles. The second-order valence-electron chi connectivity index (χ2n) is 6.78. The summed E-state index contributed by atoms with van der Waals surface area (Å²) in [4.78, 5) is 4.44. The standard InChI is InChI=1S/C19H30F3N3O.HI/c1-4-23-18(25-13-16(9-10-26)11-14(2)3)24-12-15-5-7-17(8-6-15)19(20,21)22;/h5-8,14,16,26H,4,9-13H2,1-3H3,(H2,23,24,25);1H. The van der Waals surface area contributed by atoms with Gasteiger partial charge in [-0.15, -0.1) is 24.0 Å². The molecule has 0 saturated carbocycles. The molecule has 0 aliphatic heterocycles. The summed E-state index contributed by atoms with van der Waals surface area (Å²) in [5.74, 6) is 1.51. The lowest BCUT2D eigenvalue weighted by Gasteiger charge is -2.20. The smallest absolute Gasteiger partial charge is 0.396 e. The lowest BCUT2D eigenvalue weighted by atomic mass is 9.94. The summed E-state index contributed by atoms with van der Waals surface area (Å²) in [6.07, 6.45) is -2.59. The molecule has 1 unspecified atom stereocenters. The number of benzene rings is 1. The third kappa shape index (κ3) is 10.8. The zero-order valence-electron chi connectivity index (χ0n) is 16.1. The molecule has 0 amide bonds. The third-order valence-electron chi connectivity index (χ3n) is 3.95. The van der Waals surface area contributed by atoms with Gasteiger partial charge >= 0.3 is 6.18 Å². The van der Waals surface area contributed by atoms with Crippen LogP contribution in [-0.2, 0) is 12.7 Å². The maximum Gasteiger partial charge on any atom is 0.416 e. The number of nitrogens with zero attached hydrogens (tertiary/aromatic N) is 1. The van der Waals surface area contributed by atoms with Crippen molar-refractivity contribution in [1.82, 2.24) is 10.6 Å². The molecule has 0 fully saturated rings. The van der Waals surface area contributed by atoms with Crippen LogP contribution in [0.2, 0.25) is 0 Å². The highest BCUT2D eigenvalue weighted by atomic mass is 127. The van der Waals surface area contributed by atoms with Crippen LogP contribution in [0.5, 0.6) is 0 Å². The first-order chi connectivity index (χ1) is 12.3. The molecule has 27 heavy (non-hydrogen) atoms. The molecule has 1 atom stereocenters. The van der Waals surface area contributed by atoms with Crippen LogP contribution >= 0.6 is 24.0 Å². The van der Waals surface area contributed by atoms with Gasteiger partial charge < -0.3 is 15.7 Å². The Labute approximate surface area is 177 Å². The first-order valence-electron chi connectivity index (χ1n) is 9.05. The lowest BCUT2D eigenvalue weighted by molar-refractivity contribution is -0.137. The van der Waals surface area contributed by atoms with E-state index in [1.807, 2.05) is 6.92 Å². The van der Waals surface area contributed by atoms with E-state index < -0.39 is 11.7 Å². The number of guanidine groups is 1. The predicted octanol–water partition coefficient (Wildman–Crippen LogP) is 4.42. The van der Waals surface area contributed by atoms with Gasteiger partial charge in [-0.25, -0.2) is 4.99 Å². The predicted molar refractivity (Wildman–Crippen MR) is 114 cm³/mol. The summed E-state index contributed by atoms with van der Waals surface area (Å²) in [5, 5.41) is 15.6. The number of aliphatic hydroxyl groups is 1. The second-order valence-corrected chi connectivity index (χ2v) is 6.78.